The number of rotatable bonds is 3. The van der Waals surface area contributed by atoms with Crippen LogP contribution in [0.25, 0.3) is 0 Å². The van der Waals surface area contributed by atoms with Gasteiger partial charge in [0.2, 0.25) is 0 Å². The predicted octanol–water partition coefficient (Wildman–Crippen LogP) is 4.12. The van der Waals surface area contributed by atoms with E-state index < -0.39 is 13.0 Å². The fourth-order valence-electron chi connectivity index (χ4n) is 2.44. The Balaban J connectivity index is 2.34. The lowest BCUT2D eigenvalue weighted by Crippen LogP contribution is -2.26. The van der Waals surface area contributed by atoms with E-state index in [1.54, 1.807) is 30.3 Å². The minimum atomic E-state index is -3.21. The van der Waals surface area contributed by atoms with E-state index >= 15 is 0 Å². The third-order valence-corrected chi connectivity index (χ3v) is 7.13. The molecule has 110 valence electrons. The summed E-state index contributed by atoms with van der Waals surface area (Å²) in [5.41, 5.74) is 0. The molecule has 0 spiro atoms. The molecule has 0 amide bonds. The molecule has 0 aliphatic heterocycles. The van der Waals surface area contributed by atoms with Gasteiger partial charge in [-0.25, -0.2) is 4.39 Å². The maximum atomic E-state index is 13.9. The number of benzene rings is 3. The first kappa shape index (κ1) is 15.0. The molecule has 3 aromatic carbocycles. The topological polar surface area (TPSA) is 17.1 Å². The lowest BCUT2D eigenvalue weighted by Gasteiger charge is -2.21. The standard InChI is InChI=1S/C18H13ClFOP/c19-18-16(20)12-7-13-17(18)22(21,14-8-3-1-4-9-14)15-10-5-2-6-11-15/h1-13H. The van der Waals surface area contributed by atoms with Gasteiger partial charge in [0, 0.05) is 15.9 Å². The normalized spacial score (nSPS) is 11.4. The highest BCUT2D eigenvalue weighted by Gasteiger charge is 2.32. The van der Waals surface area contributed by atoms with E-state index in [1.165, 1.54) is 12.1 Å². The van der Waals surface area contributed by atoms with Crippen molar-refractivity contribution in [2.75, 3.05) is 0 Å². The van der Waals surface area contributed by atoms with E-state index in [4.69, 9.17) is 11.6 Å². The molecule has 0 aliphatic carbocycles. The third-order valence-electron chi connectivity index (χ3n) is 3.51. The average Bonchev–Trinajstić information content (AvgIpc) is 2.58. The van der Waals surface area contributed by atoms with Gasteiger partial charge in [-0.05, 0) is 12.1 Å². The first-order valence-corrected chi connectivity index (χ1v) is 8.88. The molecule has 0 unspecified atom stereocenters. The molecule has 0 aliphatic rings. The summed E-state index contributed by atoms with van der Waals surface area (Å²) in [7, 11) is -3.21. The Bertz CT molecular complexity index is 791. The van der Waals surface area contributed by atoms with Gasteiger partial charge in [-0.1, -0.05) is 78.3 Å². The summed E-state index contributed by atoms with van der Waals surface area (Å²) in [6.45, 7) is 0. The van der Waals surface area contributed by atoms with Gasteiger partial charge in [0.25, 0.3) is 0 Å². The molecule has 0 fully saturated rings. The Morgan fingerprint density at radius 1 is 0.727 bits per heavy atom. The molecule has 0 bridgehead atoms. The number of hydrogen-bond acceptors (Lipinski definition) is 1. The van der Waals surface area contributed by atoms with Crippen LogP contribution in [-0.4, -0.2) is 0 Å². The molecule has 4 heteroatoms. The fraction of sp³-hybridized carbons (Fsp3) is 0. The van der Waals surface area contributed by atoms with E-state index in [9.17, 15) is 8.96 Å². The molecule has 0 atom stereocenters. The number of halogens is 2. The Hall–Kier alpha value is -1.89. The highest BCUT2D eigenvalue weighted by atomic mass is 35.5. The van der Waals surface area contributed by atoms with Crippen LogP contribution < -0.4 is 15.9 Å². The van der Waals surface area contributed by atoms with Gasteiger partial charge in [0.1, 0.15) is 5.82 Å². The SMILES string of the molecule is O=P(c1ccccc1)(c1ccccc1)c1cccc(F)c1Cl. The van der Waals surface area contributed by atoms with Crippen LogP contribution in [0.4, 0.5) is 4.39 Å². The molecular weight excluding hydrogens is 318 g/mol. The minimum Gasteiger partial charge on any atom is -0.309 e. The first-order chi connectivity index (χ1) is 10.6. The van der Waals surface area contributed by atoms with Crippen LogP contribution >= 0.6 is 18.7 Å². The van der Waals surface area contributed by atoms with Crippen molar-refractivity contribution in [1.82, 2.24) is 0 Å². The van der Waals surface area contributed by atoms with Crippen LogP contribution in [0.15, 0.2) is 78.9 Å². The fourth-order valence-corrected chi connectivity index (χ4v) is 5.64. The summed E-state index contributed by atoms with van der Waals surface area (Å²) in [4.78, 5) is 0. The Morgan fingerprint density at radius 2 is 1.23 bits per heavy atom. The molecule has 0 saturated carbocycles. The lowest BCUT2D eigenvalue weighted by molar-refractivity contribution is 0.591. The van der Waals surface area contributed by atoms with Crippen molar-refractivity contribution < 1.29 is 8.96 Å². The molecule has 1 nitrogen and oxygen atoms in total. The van der Waals surface area contributed by atoms with E-state index in [2.05, 4.69) is 0 Å². The van der Waals surface area contributed by atoms with Crippen molar-refractivity contribution in [1.29, 1.82) is 0 Å². The van der Waals surface area contributed by atoms with E-state index in [1.807, 2.05) is 36.4 Å². The molecule has 3 aromatic rings. The predicted molar refractivity (Wildman–Crippen MR) is 90.8 cm³/mol. The van der Waals surface area contributed by atoms with Gasteiger partial charge < -0.3 is 4.57 Å². The molecule has 0 saturated heterocycles. The highest BCUT2D eigenvalue weighted by Crippen LogP contribution is 2.44. The first-order valence-electron chi connectivity index (χ1n) is 6.80. The van der Waals surface area contributed by atoms with Gasteiger partial charge in [0.05, 0.1) is 5.02 Å². The van der Waals surface area contributed by atoms with Crippen LogP contribution in [0, 0.1) is 5.82 Å². The summed E-state index contributed by atoms with van der Waals surface area (Å²) in [6.07, 6.45) is 0. The van der Waals surface area contributed by atoms with Crippen molar-refractivity contribution in [3.63, 3.8) is 0 Å². The summed E-state index contributed by atoms with van der Waals surface area (Å²) in [5.74, 6) is -0.564. The van der Waals surface area contributed by atoms with Crippen LogP contribution in [-0.2, 0) is 4.57 Å². The number of hydrogen-bond donors (Lipinski definition) is 0. The van der Waals surface area contributed by atoms with Crippen LogP contribution in [0.3, 0.4) is 0 Å². The quantitative estimate of drug-likeness (QED) is 0.660. The molecule has 0 heterocycles. The molecule has 0 radical (unpaired) electrons. The zero-order valence-electron chi connectivity index (χ0n) is 11.6. The van der Waals surface area contributed by atoms with Crippen LogP contribution in [0.5, 0.6) is 0 Å². The van der Waals surface area contributed by atoms with E-state index in [0.717, 1.165) is 0 Å². The maximum Gasteiger partial charge on any atom is 0.172 e. The Morgan fingerprint density at radius 3 is 1.73 bits per heavy atom. The Kier molecular flexibility index (Phi) is 4.15. The Labute approximate surface area is 133 Å². The van der Waals surface area contributed by atoms with Gasteiger partial charge in [0.15, 0.2) is 7.14 Å². The lowest BCUT2D eigenvalue weighted by atomic mass is 10.3. The van der Waals surface area contributed by atoms with Crippen molar-refractivity contribution in [3.8, 4) is 0 Å². The minimum absolute atomic E-state index is 0.0847. The second-order valence-corrected chi connectivity index (χ2v) is 7.96. The molecular formula is C18H13ClFOP. The van der Waals surface area contributed by atoms with Crippen LogP contribution in [0.2, 0.25) is 5.02 Å². The van der Waals surface area contributed by atoms with Crippen molar-refractivity contribution in [3.05, 3.63) is 89.7 Å². The third kappa shape index (κ3) is 2.49. The molecule has 22 heavy (non-hydrogen) atoms. The summed E-state index contributed by atoms with van der Waals surface area (Å²) in [6, 6.07) is 22.6. The van der Waals surface area contributed by atoms with Gasteiger partial charge in [-0.15, -0.1) is 0 Å². The van der Waals surface area contributed by atoms with E-state index in [-0.39, 0.29) is 5.02 Å². The zero-order chi connectivity index (χ0) is 15.6. The smallest absolute Gasteiger partial charge is 0.172 e. The van der Waals surface area contributed by atoms with Crippen molar-refractivity contribution >= 4 is 34.7 Å². The molecule has 0 N–H and O–H groups in total. The largest absolute Gasteiger partial charge is 0.309 e. The summed E-state index contributed by atoms with van der Waals surface area (Å²) < 4.78 is 27.8. The average molecular weight is 331 g/mol. The molecule has 3 rings (SSSR count). The van der Waals surface area contributed by atoms with Crippen molar-refractivity contribution in [2.45, 2.75) is 0 Å². The second-order valence-electron chi connectivity index (χ2n) is 4.85. The molecule has 0 aromatic heterocycles. The van der Waals surface area contributed by atoms with Gasteiger partial charge in [-0.3, -0.25) is 0 Å². The van der Waals surface area contributed by atoms with Gasteiger partial charge >= 0.3 is 0 Å². The van der Waals surface area contributed by atoms with Gasteiger partial charge in [-0.2, -0.15) is 0 Å². The van der Waals surface area contributed by atoms with Crippen molar-refractivity contribution in [2.24, 2.45) is 0 Å². The summed E-state index contributed by atoms with van der Waals surface area (Å²) in [5, 5.41) is 1.51. The van der Waals surface area contributed by atoms with Crippen LogP contribution in [0.1, 0.15) is 0 Å². The summed E-state index contributed by atoms with van der Waals surface area (Å²) >= 11 is 6.13. The highest BCUT2D eigenvalue weighted by molar-refractivity contribution is 7.85. The zero-order valence-corrected chi connectivity index (χ0v) is 13.3. The maximum absolute atomic E-state index is 13.9. The monoisotopic (exact) mass is 330 g/mol. The van der Waals surface area contributed by atoms with E-state index in [0.29, 0.717) is 15.9 Å². The second kappa shape index (κ2) is 6.08.